The Morgan fingerprint density at radius 1 is 1.09 bits per heavy atom. The largest absolute Gasteiger partial charge is 0.370 e. The number of rotatable bonds is 7. The van der Waals surface area contributed by atoms with E-state index in [1.165, 1.54) is 0 Å². The van der Waals surface area contributed by atoms with Gasteiger partial charge in [0.25, 0.3) is 11.8 Å². The van der Waals surface area contributed by atoms with Crippen molar-refractivity contribution in [1.82, 2.24) is 20.8 Å². The highest BCUT2D eigenvalue weighted by molar-refractivity contribution is 9.10. The van der Waals surface area contributed by atoms with Crippen LogP contribution in [0.15, 0.2) is 58.0 Å². The number of carbonyl (C=O) groups excluding carboxylic acids is 2. The Kier molecular flexibility index (Phi) is 7.41. The third-order valence-corrected chi connectivity index (χ3v) is 6.20. The maximum Gasteiger partial charge on any atom is 0.273 e. The van der Waals surface area contributed by atoms with Crippen LogP contribution in [0.5, 0.6) is 0 Å². The molecule has 0 saturated carbocycles. The first-order valence-corrected chi connectivity index (χ1v) is 11.7. The summed E-state index contributed by atoms with van der Waals surface area (Å²) in [5.74, 6) is 0.449. The number of aromatic nitrogens is 2. The van der Waals surface area contributed by atoms with E-state index in [1.807, 2.05) is 24.3 Å². The number of aromatic amines is 1. The number of benzene rings is 2. The minimum Gasteiger partial charge on any atom is -0.370 e. The summed E-state index contributed by atoms with van der Waals surface area (Å²) in [5.41, 5.74) is 2.64. The number of hydrogen-bond donors (Lipinski definition) is 4. The van der Waals surface area contributed by atoms with Crippen LogP contribution in [0, 0.1) is 0 Å². The van der Waals surface area contributed by atoms with Gasteiger partial charge in [-0.1, -0.05) is 48.0 Å². The van der Waals surface area contributed by atoms with Gasteiger partial charge >= 0.3 is 0 Å². The fourth-order valence-corrected chi connectivity index (χ4v) is 4.03. The lowest BCUT2D eigenvalue weighted by Crippen LogP contribution is -2.30. The van der Waals surface area contributed by atoms with Crippen LogP contribution in [-0.4, -0.2) is 47.5 Å². The molecule has 0 saturated heterocycles. The van der Waals surface area contributed by atoms with Gasteiger partial charge in [0.1, 0.15) is 11.7 Å². The predicted octanol–water partition coefficient (Wildman–Crippen LogP) is 3.79. The van der Waals surface area contributed by atoms with Crippen LogP contribution >= 0.6 is 27.5 Å². The van der Waals surface area contributed by atoms with Gasteiger partial charge in [0.15, 0.2) is 5.69 Å². The van der Waals surface area contributed by atoms with Crippen molar-refractivity contribution in [1.29, 1.82) is 0 Å². The molecule has 0 fully saturated rings. The van der Waals surface area contributed by atoms with Gasteiger partial charge in [0, 0.05) is 25.2 Å². The summed E-state index contributed by atoms with van der Waals surface area (Å²) < 4.78 is 0.366. The summed E-state index contributed by atoms with van der Waals surface area (Å²) in [5, 5.41) is 15.9. The van der Waals surface area contributed by atoms with Gasteiger partial charge in [-0.25, -0.2) is 0 Å². The van der Waals surface area contributed by atoms with Crippen molar-refractivity contribution in [3.05, 3.63) is 80.4 Å². The molecule has 0 unspecified atom stereocenters. The second-order valence-corrected chi connectivity index (χ2v) is 8.61. The van der Waals surface area contributed by atoms with Gasteiger partial charge in [0.2, 0.25) is 0 Å². The minimum atomic E-state index is -0.408. The van der Waals surface area contributed by atoms with Crippen LogP contribution < -0.4 is 16.0 Å². The molecule has 1 aliphatic heterocycles. The lowest BCUT2D eigenvalue weighted by molar-refractivity contribution is 0.0947. The molecule has 33 heavy (non-hydrogen) atoms. The van der Waals surface area contributed by atoms with Crippen molar-refractivity contribution in [2.75, 3.05) is 25.0 Å². The molecule has 2 amide bonds. The molecule has 8 nitrogen and oxygen atoms in total. The van der Waals surface area contributed by atoms with E-state index in [-0.39, 0.29) is 17.4 Å². The number of amidine groups is 1. The van der Waals surface area contributed by atoms with E-state index in [9.17, 15) is 9.59 Å². The summed E-state index contributed by atoms with van der Waals surface area (Å²) in [6.45, 7) is 2.24. The van der Waals surface area contributed by atoms with Crippen LogP contribution in [-0.2, 0) is 6.42 Å². The number of hydrogen-bond acceptors (Lipinski definition) is 5. The van der Waals surface area contributed by atoms with Crippen LogP contribution in [0.4, 0.5) is 5.82 Å². The first-order valence-electron chi connectivity index (χ1n) is 10.5. The summed E-state index contributed by atoms with van der Waals surface area (Å²) in [4.78, 5) is 29.5. The molecule has 0 bridgehead atoms. The van der Waals surface area contributed by atoms with Crippen molar-refractivity contribution in [2.45, 2.75) is 12.8 Å². The maximum absolute atomic E-state index is 12.6. The van der Waals surface area contributed by atoms with E-state index in [0.29, 0.717) is 28.0 Å². The number of aliphatic imine (C=N–C) groups is 1. The van der Waals surface area contributed by atoms with E-state index in [1.54, 1.807) is 24.3 Å². The number of nitrogens with zero attached hydrogens (tertiary/aromatic N) is 2. The highest BCUT2D eigenvalue weighted by Gasteiger charge is 2.20. The van der Waals surface area contributed by atoms with Crippen molar-refractivity contribution in [3.8, 4) is 0 Å². The summed E-state index contributed by atoms with van der Waals surface area (Å²) in [6.07, 6.45) is 1.73. The van der Waals surface area contributed by atoms with Gasteiger partial charge in [-0.3, -0.25) is 19.7 Å². The molecule has 4 rings (SSSR count). The van der Waals surface area contributed by atoms with Crippen LogP contribution in [0.3, 0.4) is 0 Å². The number of H-pyrrole nitrogens is 1. The van der Waals surface area contributed by atoms with Crippen molar-refractivity contribution in [3.63, 3.8) is 0 Å². The van der Waals surface area contributed by atoms with Crippen molar-refractivity contribution < 1.29 is 9.59 Å². The molecule has 1 aromatic heterocycles. The molecule has 0 aliphatic carbocycles. The average molecular weight is 530 g/mol. The topological polar surface area (TPSA) is 111 Å². The second-order valence-electron chi connectivity index (χ2n) is 7.41. The standard InChI is InChI=1S/C23H22BrClN6O2/c24-18-19(30-31-21(18)29-22(32)16-4-1-2-5-17(16)25)23(33)28-13-10-14-6-8-15(9-7-14)20-26-11-3-12-27-20/h1-2,4-9H,3,10-13H2,(H,26,27)(H,28,33)(H2,29,30,31,32). The van der Waals surface area contributed by atoms with Gasteiger partial charge in [-0.05, 0) is 46.5 Å². The normalized spacial score (nSPS) is 13.1. The van der Waals surface area contributed by atoms with Crippen molar-refractivity contribution in [2.24, 2.45) is 4.99 Å². The van der Waals surface area contributed by atoms with Crippen LogP contribution in [0.1, 0.15) is 38.4 Å². The Hall–Kier alpha value is -3.17. The Morgan fingerprint density at radius 2 is 1.88 bits per heavy atom. The molecule has 1 aliphatic rings. The molecule has 170 valence electrons. The molecular weight excluding hydrogens is 508 g/mol. The Bertz CT molecular complexity index is 1190. The smallest absolute Gasteiger partial charge is 0.273 e. The first kappa shape index (κ1) is 23.0. The fraction of sp³-hybridized carbons (Fsp3) is 0.217. The number of nitrogens with one attached hydrogen (secondary N) is 4. The predicted molar refractivity (Wildman–Crippen MR) is 132 cm³/mol. The van der Waals surface area contributed by atoms with Gasteiger partial charge in [-0.2, -0.15) is 5.10 Å². The Balaban J connectivity index is 1.31. The lowest BCUT2D eigenvalue weighted by Gasteiger charge is -2.14. The van der Waals surface area contributed by atoms with E-state index in [0.717, 1.165) is 36.5 Å². The Morgan fingerprint density at radius 3 is 2.61 bits per heavy atom. The quantitative estimate of drug-likeness (QED) is 0.373. The fourth-order valence-electron chi connectivity index (χ4n) is 3.35. The zero-order valence-corrected chi connectivity index (χ0v) is 20.0. The highest BCUT2D eigenvalue weighted by atomic mass is 79.9. The molecule has 2 heterocycles. The molecule has 0 radical (unpaired) electrons. The van der Waals surface area contributed by atoms with Crippen molar-refractivity contribution >= 4 is 51.0 Å². The summed E-state index contributed by atoms with van der Waals surface area (Å²) in [6, 6.07) is 14.8. The molecule has 2 aromatic carbocycles. The van der Waals surface area contributed by atoms with Gasteiger partial charge in [0.05, 0.1) is 15.1 Å². The Labute approximate surface area is 204 Å². The monoisotopic (exact) mass is 528 g/mol. The lowest BCUT2D eigenvalue weighted by atomic mass is 10.1. The maximum atomic E-state index is 12.6. The van der Waals surface area contributed by atoms with Gasteiger partial charge in [-0.15, -0.1) is 0 Å². The van der Waals surface area contributed by atoms with E-state index in [4.69, 9.17) is 11.6 Å². The van der Waals surface area contributed by atoms with Gasteiger partial charge < -0.3 is 16.0 Å². The van der Waals surface area contributed by atoms with Crippen LogP contribution in [0.25, 0.3) is 0 Å². The molecular formula is C23H22BrClN6O2. The zero-order chi connectivity index (χ0) is 23.2. The number of carbonyl (C=O) groups is 2. The van der Waals surface area contributed by atoms with E-state index < -0.39 is 5.91 Å². The number of anilines is 1. The number of amides is 2. The molecule has 4 N–H and O–H groups in total. The first-order chi connectivity index (χ1) is 16.0. The second kappa shape index (κ2) is 10.6. The summed E-state index contributed by atoms with van der Waals surface area (Å²) in [7, 11) is 0. The zero-order valence-electron chi connectivity index (χ0n) is 17.6. The third kappa shape index (κ3) is 5.61. The van der Waals surface area contributed by atoms with Crippen LogP contribution in [0.2, 0.25) is 5.02 Å². The molecule has 0 spiro atoms. The third-order valence-electron chi connectivity index (χ3n) is 5.10. The van der Waals surface area contributed by atoms with E-state index in [2.05, 4.69) is 47.1 Å². The average Bonchev–Trinajstić information content (AvgIpc) is 3.20. The van der Waals surface area contributed by atoms with E-state index >= 15 is 0 Å². The summed E-state index contributed by atoms with van der Waals surface area (Å²) >= 11 is 9.40. The highest BCUT2D eigenvalue weighted by Crippen LogP contribution is 2.25. The molecule has 0 atom stereocenters. The SMILES string of the molecule is O=C(Nc1[nH]nc(C(=O)NCCc2ccc(C3=NCCCN3)cc2)c1Br)c1ccccc1Cl. The molecule has 3 aromatic rings. The minimum absolute atomic E-state index is 0.154. The number of halogens is 2. The molecule has 10 heteroatoms.